The topological polar surface area (TPSA) is 65.4 Å². The first kappa shape index (κ1) is 12.4. The van der Waals surface area contributed by atoms with Gasteiger partial charge in [0.25, 0.3) is 0 Å². The molecule has 18 heavy (non-hydrogen) atoms. The van der Waals surface area contributed by atoms with Crippen molar-refractivity contribution in [2.45, 2.75) is 19.5 Å². The number of para-hydroxylation sites is 1. The van der Waals surface area contributed by atoms with E-state index in [2.05, 4.69) is 10.3 Å². The largest absolute Gasteiger partial charge is 0.504 e. The zero-order valence-electron chi connectivity index (χ0n) is 10.2. The smallest absolute Gasteiger partial charge is 0.161 e. The Hall–Kier alpha value is -2.07. The van der Waals surface area contributed by atoms with Gasteiger partial charge in [0.05, 0.1) is 0 Å². The average Bonchev–Trinajstić information content (AvgIpc) is 2.41. The molecule has 0 amide bonds. The molecule has 94 valence electrons. The maximum atomic E-state index is 9.68. The van der Waals surface area contributed by atoms with Crippen LogP contribution in [-0.4, -0.2) is 15.2 Å². The fraction of sp³-hybridized carbons (Fsp3) is 0.214. The maximum absolute atomic E-state index is 9.68. The normalized spacial score (nSPS) is 12.3. The Morgan fingerprint density at radius 2 is 1.89 bits per heavy atom. The van der Waals surface area contributed by atoms with Gasteiger partial charge in [-0.2, -0.15) is 0 Å². The number of hydrogen-bond donors (Lipinski definition) is 3. The SMILES string of the molecule is CC(NCc1cccc(O)c1O)c1ccncc1. The van der Waals surface area contributed by atoms with Crippen molar-refractivity contribution in [3.63, 3.8) is 0 Å². The zero-order chi connectivity index (χ0) is 13.0. The van der Waals surface area contributed by atoms with E-state index in [1.165, 1.54) is 6.07 Å². The molecule has 0 bridgehead atoms. The Bertz CT molecular complexity index is 514. The van der Waals surface area contributed by atoms with E-state index >= 15 is 0 Å². The lowest BCUT2D eigenvalue weighted by atomic mass is 10.1. The van der Waals surface area contributed by atoms with Gasteiger partial charge in [0, 0.05) is 30.5 Å². The Kier molecular flexibility index (Phi) is 3.79. The Morgan fingerprint density at radius 3 is 2.61 bits per heavy atom. The third-order valence-electron chi connectivity index (χ3n) is 2.90. The number of aromatic nitrogens is 1. The van der Waals surface area contributed by atoms with Crippen LogP contribution in [-0.2, 0) is 6.54 Å². The molecule has 1 atom stereocenters. The van der Waals surface area contributed by atoms with Gasteiger partial charge in [-0.05, 0) is 30.7 Å². The number of phenolic OH excluding ortho intramolecular Hbond substituents is 2. The summed E-state index contributed by atoms with van der Waals surface area (Å²) in [6.07, 6.45) is 3.50. The van der Waals surface area contributed by atoms with Crippen molar-refractivity contribution in [2.75, 3.05) is 0 Å². The Morgan fingerprint density at radius 1 is 1.17 bits per heavy atom. The van der Waals surface area contributed by atoms with Crippen molar-refractivity contribution in [2.24, 2.45) is 0 Å². The summed E-state index contributed by atoms with van der Waals surface area (Å²) in [6, 6.07) is 8.99. The molecule has 0 aliphatic rings. The number of hydrogen-bond acceptors (Lipinski definition) is 4. The van der Waals surface area contributed by atoms with Crippen LogP contribution in [0.15, 0.2) is 42.7 Å². The van der Waals surface area contributed by atoms with Gasteiger partial charge in [-0.1, -0.05) is 12.1 Å². The van der Waals surface area contributed by atoms with Crippen LogP contribution in [0.25, 0.3) is 0 Å². The van der Waals surface area contributed by atoms with Crippen LogP contribution < -0.4 is 5.32 Å². The molecule has 1 unspecified atom stereocenters. The van der Waals surface area contributed by atoms with Crippen LogP contribution in [0.1, 0.15) is 24.1 Å². The van der Waals surface area contributed by atoms with Crippen LogP contribution >= 0.6 is 0 Å². The van der Waals surface area contributed by atoms with E-state index in [1.807, 2.05) is 19.1 Å². The van der Waals surface area contributed by atoms with Gasteiger partial charge < -0.3 is 15.5 Å². The van der Waals surface area contributed by atoms with E-state index < -0.39 is 0 Å². The second-order valence-corrected chi connectivity index (χ2v) is 4.17. The average molecular weight is 244 g/mol. The summed E-state index contributed by atoms with van der Waals surface area (Å²) >= 11 is 0. The van der Waals surface area contributed by atoms with Gasteiger partial charge in [0.1, 0.15) is 0 Å². The monoisotopic (exact) mass is 244 g/mol. The lowest BCUT2D eigenvalue weighted by Crippen LogP contribution is -2.18. The minimum absolute atomic E-state index is 0.0630. The molecule has 2 rings (SSSR count). The number of aromatic hydroxyl groups is 2. The first-order valence-electron chi connectivity index (χ1n) is 5.81. The van der Waals surface area contributed by atoms with Crippen molar-refractivity contribution < 1.29 is 10.2 Å². The van der Waals surface area contributed by atoms with Crippen molar-refractivity contribution in [3.05, 3.63) is 53.9 Å². The minimum atomic E-state index is -0.0918. The minimum Gasteiger partial charge on any atom is -0.504 e. The van der Waals surface area contributed by atoms with Gasteiger partial charge in [0.15, 0.2) is 11.5 Å². The highest BCUT2D eigenvalue weighted by Crippen LogP contribution is 2.28. The first-order valence-corrected chi connectivity index (χ1v) is 5.81. The van der Waals surface area contributed by atoms with Crippen LogP contribution in [0.4, 0.5) is 0 Å². The molecule has 4 heteroatoms. The lowest BCUT2D eigenvalue weighted by Gasteiger charge is -2.14. The van der Waals surface area contributed by atoms with E-state index in [4.69, 9.17) is 0 Å². The van der Waals surface area contributed by atoms with E-state index in [-0.39, 0.29) is 17.5 Å². The third-order valence-corrected chi connectivity index (χ3v) is 2.90. The van der Waals surface area contributed by atoms with Crippen LogP contribution in [0.2, 0.25) is 0 Å². The number of phenols is 2. The van der Waals surface area contributed by atoms with Gasteiger partial charge >= 0.3 is 0 Å². The molecule has 1 aromatic heterocycles. The molecule has 0 spiro atoms. The van der Waals surface area contributed by atoms with Gasteiger partial charge in [0.2, 0.25) is 0 Å². The fourth-order valence-electron chi connectivity index (χ4n) is 1.75. The van der Waals surface area contributed by atoms with Gasteiger partial charge in [-0.15, -0.1) is 0 Å². The quantitative estimate of drug-likeness (QED) is 0.722. The second kappa shape index (κ2) is 5.51. The molecule has 4 nitrogen and oxygen atoms in total. The molecule has 0 radical (unpaired) electrons. The van der Waals surface area contributed by atoms with Crippen LogP contribution in [0.3, 0.4) is 0 Å². The van der Waals surface area contributed by atoms with Crippen molar-refractivity contribution >= 4 is 0 Å². The molecule has 3 N–H and O–H groups in total. The van der Waals surface area contributed by atoms with E-state index in [1.54, 1.807) is 24.5 Å². The molecule has 0 saturated carbocycles. The van der Waals surface area contributed by atoms with Gasteiger partial charge in [-0.3, -0.25) is 4.98 Å². The highest BCUT2D eigenvalue weighted by atomic mass is 16.3. The third kappa shape index (κ3) is 2.78. The molecule has 0 fully saturated rings. The molecule has 0 aliphatic carbocycles. The van der Waals surface area contributed by atoms with Crippen molar-refractivity contribution in [1.82, 2.24) is 10.3 Å². The van der Waals surface area contributed by atoms with Crippen LogP contribution in [0.5, 0.6) is 11.5 Å². The summed E-state index contributed by atoms with van der Waals surface area (Å²) < 4.78 is 0. The van der Waals surface area contributed by atoms with Crippen LogP contribution in [0, 0.1) is 0 Å². The fourth-order valence-corrected chi connectivity index (χ4v) is 1.75. The number of benzene rings is 1. The summed E-state index contributed by atoms with van der Waals surface area (Å²) in [5.74, 6) is -0.155. The Labute approximate surface area is 106 Å². The molecule has 1 aromatic carbocycles. The van der Waals surface area contributed by atoms with E-state index in [0.717, 1.165) is 5.56 Å². The number of nitrogens with one attached hydrogen (secondary N) is 1. The van der Waals surface area contributed by atoms with Crippen molar-refractivity contribution in [3.8, 4) is 11.5 Å². The summed E-state index contributed by atoms with van der Waals surface area (Å²) in [5.41, 5.74) is 1.81. The zero-order valence-corrected chi connectivity index (χ0v) is 10.2. The highest BCUT2D eigenvalue weighted by molar-refractivity contribution is 5.44. The van der Waals surface area contributed by atoms with Crippen molar-refractivity contribution in [1.29, 1.82) is 0 Å². The maximum Gasteiger partial charge on any atom is 0.161 e. The molecule has 0 aliphatic heterocycles. The molecular weight excluding hydrogens is 228 g/mol. The Balaban J connectivity index is 2.02. The van der Waals surface area contributed by atoms with E-state index in [9.17, 15) is 10.2 Å². The standard InChI is InChI=1S/C14H16N2O2/c1-10(11-5-7-15-8-6-11)16-9-12-3-2-4-13(17)14(12)18/h2-8,10,16-18H,9H2,1H3. The number of nitrogens with zero attached hydrogens (tertiary/aromatic N) is 1. The predicted octanol–water partition coefficient (Wildman–Crippen LogP) is 2.34. The predicted molar refractivity (Wildman–Crippen MR) is 69.3 cm³/mol. The summed E-state index contributed by atoms with van der Waals surface area (Å²) in [6.45, 7) is 2.53. The van der Waals surface area contributed by atoms with Gasteiger partial charge in [-0.25, -0.2) is 0 Å². The molecular formula is C14H16N2O2. The van der Waals surface area contributed by atoms with E-state index in [0.29, 0.717) is 12.1 Å². The summed E-state index contributed by atoms with van der Waals surface area (Å²) in [4.78, 5) is 3.97. The summed E-state index contributed by atoms with van der Waals surface area (Å²) in [7, 11) is 0. The second-order valence-electron chi connectivity index (χ2n) is 4.17. The lowest BCUT2D eigenvalue weighted by molar-refractivity contribution is 0.396. The molecule has 2 aromatic rings. The number of rotatable bonds is 4. The molecule has 0 saturated heterocycles. The highest BCUT2D eigenvalue weighted by Gasteiger charge is 2.08. The molecule has 1 heterocycles. The summed E-state index contributed by atoms with van der Waals surface area (Å²) in [5, 5.41) is 22.4. The number of pyridine rings is 1. The first-order chi connectivity index (χ1) is 8.68.